The number of ether oxygens (including phenoxy) is 1. The van der Waals surface area contributed by atoms with E-state index >= 15 is 0 Å². The van der Waals surface area contributed by atoms with E-state index in [0.29, 0.717) is 22.2 Å². The lowest BCUT2D eigenvalue weighted by Gasteiger charge is -2.24. The van der Waals surface area contributed by atoms with Crippen LogP contribution in [0.4, 0.5) is 4.39 Å². The van der Waals surface area contributed by atoms with Crippen molar-refractivity contribution in [2.75, 3.05) is 13.3 Å². The van der Waals surface area contributed by atoms with E-state index in [2.05, 4.69) is 9.84 Å². The summed E-state index contributed by atoms with van der Waals surface area (Å²) in [6.07, 6.45) is 0.129. The van der Waals surface area contributed by atoms with E-state index < -0.39 is 39.1 Å². The van der Waals surface area contributed by atoms with Crippen LogP contribution in [0.1, 0.15) is 29.3 Å². The number of likely N-dealkylation sites (tertiary alicyclic amines) is 1. The summed E-state index contributed by atoms with van der Waals surface area (Å²) in [5, 5.41) is 3.29. The molecule has 37 heavy (non-hydrogen) atoms. The molecule has 0 bridgehead atoms. The normalized spacial score (nSPS) is 17.6. The molecule has 12 heteroatoms. The van der Waals surface area contributed by atoms with E-state index in [1.165, 1.54) is 18.0 Å². The quantitative estimate of drug-likeness (QED) is 0.234. The molecule has 2 amide bonds. The van der Waals surface area contributed by atoms with Crippen LogP contribution in [0, 0.1) is 0 Å². The van der Waals surface area contributed by atoms with Crippen molar-refractivity contribution in [3.63, 3.8) is 0 Å². The number of ketones is 1. The number of alkyl halides is 1. The highest BCUT2D eigenvalue weighted by molar-refractivity contribution is 7.32. The zero-order valence-corrected chi connectivity index (χ0v) is 20.9. The molecule has 1 aliphatic rings. The Kier molecular flexibility index (Phi) is 8.27. The van der Waals surface area contributed by atoms with Gasteiger partial charge in [-0.1, -0.05) is 34.9 Å². The molecule has 1 unspecified atom stereocenters. The summed E-state index contributed by atoms with van der Waals surface area (Å²) in [4.78, 5) is 48.3. The minimum absolute atomic E-state index is 0.0837. The highest BCUT2D eigenvalue weighted by Crippen LogP contribution is 2.28. The Morgan fingerprint density at radius 1 is 1.19 bits per heavy atom. The SMILES string of the molecule is CC(=O)c1cn(CC(=O)N2C[C@H](F)C[C@H]2C(=O)NCc2ccccc2)c2ccc(OCO[P+](=O)O)cc12. The number of aromatic nitrogens is 1. The van der Waals surface area contributed by atoms with Crippen LogP contribution in [-0.2, 0) is 31.8 Å². The molecule has 2 aromatic carbocycles. The van der Waals surface area contributed by atoms with Crippen LogP contribution in [0.5, 0.6) is 5.75 Å². The number of halogens is 1. The Bertz CT molecular complexity index is 1330. The molecule has 1 saturated heterocycles. The third-order valence-corrected chi connectivity index (χ3v) is 6.44. The van der Waals surface area contributed by atoms with Gasteiger partial charge in [-0.25, -0.2) is 4.39 Å². The number of rotatable bonds is 10. The first-order valence-electron chi connectivity index (χ1n) is 11.5. The van der Waals surface area contributed by atoms with Crippen molar-refractivity contribution in [3.05, 3.63) is 65.9 Å². The minimum atomic E-state index is -2.82. The highest BCUT2D eigenvalue weighted by atomic mass is 31.1. The van der Waals surface area contributed by atoms with Crippen molar-refractivity contribution >= 4 is 36.8 Å². The molecular weight excluding hydrogens is 504 g/mol. The Morgan fingerprint density at radius 3 is 2.65 bits per heavy atom. The van der Waals surface area contributed by atoms with Crippen LogP contribution in [-0.4, -0.2) is 57.5 Å². The molecule has 2 heterocycles. The first-order valence-corrected chi connectivity index (χ1v) is 12.7. The number of carbonyl (C=O) groups is 3. The van der Waals surface area contributed by atoms with E-state index in [4.69, 9.17) is 9.63 Å². The van der Waals surface area contributed by atoms with Gasteiger partial charge in [0.05, 0.1) is 6.54 Å². The second kappa shape index (κ2) is 11.6. The molecule has 1 fully saturated rings. The fourth-order valence-electron chi connectivity index (χ4n) is 4.37. The second-order valence-electron chi connectivity index (χ2n) is 8.63. The van der Waals surface area contributed by atoms with Gasteiger partial charge in [-0.3, -0.25) is 14.4 Å². The van der Waals surface area contributed by atoms with Gasteiger partial charge in [-0.15, -0.1) is 4.89 Å². The van der Waals surface area contributed by atoms with E-state index in [1.54, 1.807) is 22.8 Å². The molecular formula is C25H26FN3O7P+. The van der Waals surface area contributed by atoms with Gasteiger partial charge in [-0.05, 0) is 30.7 Å². The summed E-state index contributed by atoms with van der Waals surface area (Å²) in [6.45, 7) is 0.803. The van der Waals surface area contributed by atoms with Gasteiger partial charge in [0.25, 0.3) is 0 Å². The standard InChI is InChI=1S/C25H25FN3O7P/c1-16(30)21-13-28(22-8-7-19(10-20(21)22)35-15-36-37(33)34)14-24(31)29-12-18(26)9-23(29)25(32)27-11-17-5-3-2-4-6-17/h2-8,10,13,18,23H,9,11-12,14-15H2,1H3,(H-,27,32,33,34)/p+1/t18-,23+/m1/s1. The van der Waals surface area contributed by atoms with Crippen molar-refractivity contribution in [2.45, 2.75) is 38.6 Å². The first kappa shape index (κ1) is 26.4. The Hall–Kier alpha value is -3.66. The van der Waals surface area contributed by atoms with Crippen LogP contribution in [0.15, 0.2) is 54.7 Å². The summed E-state index contributed by atoms with van der Waals surface area (Å²) in [5.41, 5.74) is 1.78. The Balaban J connectivity index is 1.50. The molecule has 0 radical (unpaired) electrons. The minimum Gasteiger partial charge on any atom is -0.463 e. The Morgan fingerprint density at radius 2 is 1.95 bits per heavy atom. The molecule has 1 aromatic heterocycles. The molecule has 0 spiro atoms. The third kappa shape index (κ3) is 6.37. The average Bonchev–Trinajstić information content (AvgIpc) is 3.43. The molecule has 194 valence electrons. The van der Waals surface area contributed by atoms with E-state index in [9.17, 15) is 23.3 Å². The number of fused-ring (bicyclic) bond motifs is 1. The van der Waals surface area contributed by atoms with Gasteiger partial charge in [-0.2, -0.15) is 0 Å². The number of hydrogen-bond donors (Lipinski definition) is 2. The van der Waals surface area contributed by atoms with Crippen molar-refractivity contribution < 1.29 is 37.5 Å². The van der Waals surface area contributed by atoms with Crippen LogP contribution in [0.2, 0.25) is 0 Å². The van der Waals surface area contributed by atoms with Gasteiger partial charge in [0, 0.05) is 40.2 Å². The maximum atomic E-state index is 14.3. The van der Waals surface area contributed by atoms with Crippen molar-refractivity contribution in [3.8, 4) is 5.75 Å². The van der Waals surface area contributed by atoms with Gasteiger partial charge < -0.3 is 19.5 Å². The molecule has 10 nitrogen and oxygen atoms in total. The monoisotopic (exact) mass is 530 g/mol. The number of hydrogen-bond acceptors (Lipinski definition) is 6. The van der Waals surface area contributed by atoms with Gasteiger partial charge >= 0.3 is 8.25 Å². The summed E-state index contributed by atoms with van der Waals surface area (Å²) in [7, 11) is -2.82. The molecule has 3 atom stereocenters. The summed E-state index contributed by atoms with van der Waals surface area (Å²) in [6, 6.07) is 13.1. The Labute approximate surface area is 212 Å². The predicted octanol–water partition coefficient (Wildman–Crippen LogP) is 3.10. The number of nitrogens with zero attached hydrogens (tertiary/aromatic N) is 2. The van der Waals surface area contributed by atoms with Crippen LogP contribution >= 0.6 is 8.25 Å². The number of Topliss-reactive ketones (excluding diaryl/α,β-unsaturated/α-hetero) is 1. The van der Waals surface area contributed by atoms with E-state index in [-0.39, 0.29) is 31.8 Å². The first-order chi connectivity index (χ1) is 17.7. The maximum Gasteiger partial charge on any atom is 0.698 e. The molecule has 3 aromatic rings. The largest absolute Gasteiger partial charge is 0.698 e. The van der Waals surface area contributed by atoms with E-state index in [1.807, 2.05) is 30.3 Å². The fraction of sp³-hybridized carbons (Fsp3) is 0.320. The van der Waals surface area contributed by atoms with Gasteiger partial charge in [0.15, 0.2) is 5.78 Å². The van der Waals surface area contributed by atoms with Gasteiger partial charge in [0.2, 0.25) is 18.6 Å². The third-order valence-electron chi connectivity index (χ3n) is 6.11. The molecule has 0 aliphatic carbocycles. The lowest BCUT2D eigenvalue weighted by Crippen LogP contribution is -2.46. The number of benzene rings is 2. The smallest absolute Gasteiger partial charge is 0.463 e. The van der Waals surface area contributed by atoms with Crippen molar-refractivity contribution in [2.24, 2.45) is 0 Å². The van der Waals surface area contributed by atoms with Crippen LogP contribution in [0.3, 0.4) is 0 Å². The zero-order chi connectivity index (χ0) is 26.5. The zero-order valence-electron chi connectivity index (χ0n) is 20.0. The number of amides is 2. The number of nitrogens with one attached hydrogen (secondary N) is 1. The summed E-state index contributed by atoms with van der Waals surface area (Å²) < 4.78 is 36.3. The maximum absolute atomic E-state index is 14.3. The van der Waals surface area contributed by atoms with Crippen molar-refractivity contribution in [1.29, 1.82) is 0 Å². The molecule has 4 rings (SSSR count). The molecule has 0 saturated carbocycles. The lowest BCUT2D eigenvalue weighted by atomic mass is 10.1. The topological polar surface area (TPSA) is 127 Å². The second-order valence-corrected chi connectivity index (χ2v) is 9.37. The van der Waals surface area contributed by atoms with Crippen LogP contribution in [0.25, 0.3) is 10.9 Å². The lowest BCUT2D eigenvalue weighted by molar-refractivity contribution is -0.139. The average molecular weight is 530 g/mol. The fourth-order valence-corrected chi connectivity index (χ4v) is 4.51. The summed E-state index contributed by atoms with van der Waals surface area (Å²) >= 11 is 0. The number of carbonyl (C=O) groups excluding carboxylic acids is 3. The van der Waals surface area contributed by atoms with Crippen molar-refractivity contribution in [1.82, 2.24) is 14.8 Å². The molecule has 2 N–H and O–H groups in total. The van der Waals surface area contributed by atoms with Crippen LogP contribution < -0.4 is 10.1 Å². The molecule has 1 aliphatic heterocycles. The van der Waals surface area contributed by atoms with E-state index in [0.717, 1.165) is 5.56 Å². The highest BCUT2D eigenvalue weighted by Gasteiger charge is 2.39. The van der Waals surface area contributed by atoms with Gasteiger partial charge in [0.1, 0.15) is 24.5 Å². The predicted molar refractivity (Wildman–Crippen MR) is 132 cm³/mol. The summed E-state index contributed by atoms with van der Waals surface area (Å²) in [5.74, 6) is -0.822.